The van der Waals surface area contributed by atoms with Gasteiger partial charge in [-0.15, -0.1) is 0 Å². The van der Waals surface area contributed by atoms with E-state index in [0.717, 1.165) is 0 Å². The van der Waals surface area contributed by atoms with Gasteiger partial charge < -0.3 is 14.2 Å². The van der Waals surface area contributed by atoms with Crippen molar-refractivity contribution in [1.82, 2.24) is 0 Å². The van der Waals surface area contributed by atoms with Crippen LogP contribution in [-0.4, -0.2) is 31.3 Å². The lowest BCUT2D eigenvalue weighted by Crippen LogP contribution is -2.29. The van der Waals surface area contributed by atoms with Crippen LogP contribution in [0.5, 0.6) is 0 Å². The summed E-state index contributed by atoms with van der Waals surface area (Å²) in [6.07, 6.45) is -0.363. The molecule has 1 aliphatic carbocycles. The van der Waals surface area contributed by atoms with Gasteiger partial charge in [-0.1, -0.05) is 13.5 Å². The SMILES string of the molecule is C=C(C)C(=O)OC1OC(=O)C2C1CC(C)C2C(=O)OC. The Bertz CT molecular complexity index is 468. The van der Waals surface area contributed by atoms with Crippen LogP contribution in [0, 0.1) is 23.7 Å². The molecule has 5 atom stereocenters. The molecule has 0 spiro atoms. The van der Waals surface area contributed by atoms with Crippen molar-refractivity contribution < 1.29 is 28.6 Å². The smallest absolute Gasteiger partial charge is 0.336 e. The van der Waals surface area contributed by atoms with E-state index in [0.29, 0.717) is 6.42 Å². The van der Waals surface area contributed by atoms with Crippen molar-refractivity contribution in [3.05, 3.63) is 12.2 Å². The molecule has 0 aromatic heterocycles. The summed E-state index contributed by atoms with van der Waals surface area (Å²) in [6, 6.07) is 0. The van der Waals surface area contributed by atoms with E-state index < -0.39 is 36.0 Å². The molecule has 2 aliphatic rings. The predicted octanol–water partition coefficient (Wildman–Crippen LogP) is 1.05. The van der Waals surface area contributed by atoms with Crippen LogP contribution in [-0.2, 0) is 28.6 Å². The molecule has 1 saturated carbocycles. The van der Waals surface area contributed by atoms with E-state index in [1.165, 1.54) is 14.0 Å². The second-order valence-electron chi connectivity index (χ2n) is 5.44. The fourth-order valence-electron chi connectivity index (χ4n) is 3.06. The molecule has 0 N–H and O–H groups in total. The number of hydrogen-bond acceptors (Lipinski definition) is 6. The van der Waals surface area contributed by atoms with Gasteiger partial charge in [0, 0.05) is 11.5 Å². The number of methoxy groups -OCH3 is 1. The normalized spacial score (nSPS) is 35.1. The molecule has 2 fully saturated rings. The van der Waals surface area contributed by atoms with Gasteiger partial charge in [-0.05, 0) is 19.3 Å². The standard InChI is InChI=1S/C14H18O6/c1-6(2)11(15)19-14-8-5-7(3)9(12(16)18-4)10(8)13(17)20-14/h7-10,14H,1,5H2,2-4H3. The molecule has 2 rings (SSSR count). The summed E-state index contributed by atoms with van der Waals surface area (Å²) in [7, 11) is 1.29. The van der Waals surface area contributed by atoms with E-state index >= 15 is 0 Å². The number of carbonyl (C=O) groups excluding carboxylic acids is 3. The van der Waals surface area contributed by atoms with Crippen LogP contribution < -0.4 is 0 Å². The molecule has 0 aromatic carbocycles. The van der Waals surface area contributed by atoms with Gasteiger partial charge in [-0.25, -0.2) is 4.79 Å². The van der Waals surface area contributed by atoms with Crippen molar-refractivity contribution in [2.45, 2.75) is 26.6 Å². The zero-order valence-corrected chi connectivity index (χ0v) is 11.8. The molecule has 1 aliphatic heterocycles. The van der Waals surface area contributed by atoms with Gasteiger partial charge in [0.2, 0.25) is 0 Å². The van der Waals surface area contributed by atoms with E-state index in [2.05, 4.69) is 6.58 Å². The van der Waals surface area contributed by atoms with Crippen LogP contribution in [0.15, 0.2) is 12.2 Å². The summed E-state index contributed by atoms with van der Waals surface area (Å²) in [5.74, 6) is -2.98. The molecule has 110 valence electrons. The minimum absolute atomic E-state index is 0.0173. The summed E-state index contributed by atoms with van der Waals surface area (Å²) in [5, 5.41) is 0. The molecular formula is C14H18O6. The summed E-state index contributed by atoms with van der Waals surface area (Å²) in [4.78, 5) is 35.3. The molecule has 6 heteroatoms. The Morgan fingerprint density at radius 3 is 2.60 bits per heavy atom. The zero-order valence-electron chi connectivity index (χ0n) is 11.8. The van der Waals surface area contributed by atoms with Gasteiger partial charge in [0.05, 0.1) is 18.9 Å². The van der Waals surface area contributed by atoms with Crippen molar-refractivity contribution in [2.75, 3.05) is 7.11 Å². The fourth-order valence-corrected chi connectivity index (χ4v) is 3.06. The number of cyclic esters (lactones) is 1. The first kappa shape index (κ1) is 14.6. The molecule has 0 bridgehead atoms. The molecule has 5 unspecified atom stereocenters. The second kappa shape index (κ2) is 5.26. The van der Waals surface area contributed by atoms with Crippen molar-refractivity contribution in [3.63, 3.8) is 0 Å². The first-order valence-electron chi connectivity index (χ1n) is 6.51. The van der Waals surface area contributed by atoms with Gasteiger partial charge in [0.15, 0.2) is 0 Å². The van der Waals surface area contributed by atoms with Crippen LogP contribution in [0.25, 0.3) is 0 Å². The Balaban J connectivity index is 2.17. The Morgan fingerprint density at radius 2 is 2.05 bits per heavy atom. The van der Waals surface area contributed by atoms with Crippen LogP contribution in [0.1, 0.15) is 20.3 Å². The zero-order chi connectivity index (χ0) is 15.0. The number of fused-ring (bicyclic) bond motifs is 1. The third kappa shape index (κ3) is 2.30. The molecule has 0 amide bonds. The molecule has 0 radical (unpaired) electrons. The summed E-state index contributed by atoms with van der Waals surface area (Å²) in [6.45, 7) is 6.88. The van der Waals surface area contributed by atoms with E-state index in [1.54, 1.807) is 0 Å². The molecule has 1 heterocycles. The van der Waals surface area contributed by atoms with Gasteiger partial charge in [0.1, 0.15) is 0 Å². The molecule has 1 saturated heterocycles. The highest BCUT2D eigenvalue weighted by Crippen LogP contribution is 2.49. The minimum Gasteiger partial charge on any atom is -0.469 e. The van der Waals surface area contributed by atoms with Gasteiger partial charge in [0.25, 0.3) is 6.29 Å². The number of hydrogen-bond donors (Lipinski definition) is 0. The molecule has 6 nitrogen and oxygen atoms in total. The van der Waals surface area contributed by atoms with Crippen LogP contribution in [0.3, 0.4) is 0 Å². The van der Waals surface area contributed by atoms with Crippen LogP contribution in [0.2, 0.25) is 0 Å². The molecule has 20 heavy (non-hydrogen) atoms. The lowest BCUT2D eigenvalue weighted by molar-refractivity contribution is -0.179. The highest BCUT2D eigenvalue weighted by Gasteiger charge is 2.59. The quantitative estimate of drug-likeness (QED) is 0.568. The fraction of sp³-hybridized carbons (Fsp3) is 0.643. The maximum Gasteiger partial charge on any atom is 0.336 e. The second-order valence-corrected chi connectivity index (χ2v) is 5.44. The first-order chi connectivity index (χ1) is 9.36. The Kier molecular flexibility index (Phi) is 3.83. The van der Waals surface area contributed by atoms with Gasteiger partial charge in [-0.2, -0.15) is 0 Å². The Hall–Kier alpha value is -1.85. The monoisotopic (exact) mass is 282 g/mol. The third-order valence-corrected chi connectivity index (χ3v) is 4.00. The van der Waals surface area contributed by atoms with Crippen molar-refractivity contribution >= 4 is 17.9 Å². The largest absolute Gasteiger partial charge is 0.469 e. The topological polar surface area (TPSA) is 78.9 Å². The summed E-state index contributed by atoms with van der Waals surface area (Å²) in [5.41, 5.74) is 0.236. The number of rotatable bonds is 3. The average Bonchev–Trinajstić information content (AvgIpc) is 2.86. The minimum atomic E-state index is -0.936. The number of carbonyl (C=O) groups is 3. The Labute approximate surface area is 117 Å². The highest BCUT2D eigenvalue weighted by atomic mass is 16.7. The summed E-state index contributed by atoms with van der Waals surface area (Å²) >= 11 is 0. The lowest BCUT2D eigenvalue weighted by Gasteiger charge is -2.17. The van der Waals surface area contributed by atoms with Crippen molar-refractivity contribution in [1.29, 1.82) is 0 Å². The molecule has 0 aromatic rings. The maximum atomic E-state index is 12.0. The van der Waals surface area contributed by atoms with Gasteiger partial charge >= 0.3 is 17.9 Å². The van der Waals surface area contributed by atoms with E-state index in [-0.39, 0.29) is 17.4 Å². The number of esters is 3. The van der Waals surface area contributed by atoms with E-state index in [1.807, 2.05) is 6.92 Å². The highest BCUT2D eigenvalue weighted by molar-refractivity contribution is 5.88. The van der Waals surface area contributed by atoms with Crippen molar-refractivity contribution in [3.8, 4) is 0 Å². The third-order valence-electron chi connectivity index (χ3n) is 4.00. The predicted molar refractivity (Wildman–Crippen MR) is 67.1 cm³/mol. The lowest BCUT2D eigenvalue weighted by atomic mass is 9.89. The maximum absolute atomic E-state index is 12.0. The van der Waals surface area contributed by atoms with Gasteiger partial charge in [-0.3, -0.25) is 9.59 Å². The van der Waals surface area contributed by atoms with E-state index in [4.69, 9.17) is 14.2 Å². The van der Waals surface area contributed by atoms with Crippen LogP contribution >= 0.6 is 0 Å². The average molecular weight is 282 g/mol. The Morgan fingerprint density at radius 1 is 1.40 bits per heavy atom. The summed E-state index contributed by atoms with van der Waals surface area (Å²) < 4.78 is 15.0. The van der Waals surface area contributed by atoms with Crippen molar-refractivity contribution in [2.24, 2.45) is 23.7 Å². The number of ether oxygens (including phenoxy) is 3. The molecular weight excluding hydrogens is 264 g/mol. The first-order valence-corrected chi connectivity index (χ1v) is 6.51. The van der Waals surface area contributed by atoms with E-state index in [9.17, 15) is 14.4 Å². The van der Waals surface area contributed by atoms with Crippen LogP contribution in [0.4, 0.5) is 0 Å².